The van der Waals surface area contributed by atoms with Crippen molar-refractivity contribution < 1.29 is 15.0 Å². The maximum atomic E-state index is 11.5. The SMILES string of the molecule is O=[N+]([O-])CC(c1ccccc1)c1c(-c2cccc(B(O)O)c2)[nH]c2ccccc12. The zero-order valence-corrected chi connectivity index (χ0v) is 15.5. The Balaban J connectivity index is 1.98. The number of benzene rings is 3. The molecule has 0 amide bonds. The molecule has 0 saturated carbocycles. The zero-order chi connectivity index (χ0) is 20.4. The minimum absolute atomic E-state index is 0.249. The fourth-order valence-corrected chi connectivity index (χ4v) is 3.81. The van der Waals surface area contributed by atoms with E-state index in [9.17, 15) is 20.2 Å². The smallest absolute Gasteiger partial charge is 0.423 e. The molecule has 0 aliphatic heterocycles. The Morgan fingerprint density at radius 3 is 2.41 bits per heavy atom. The Bertz CT molecular complexity index is 1160. The van der Waals surface area contributed by atoms with Crippen molar-refractivity contribution in [1.82, 2.24) is 4.98 Å². The number of aromatic nitrogens is 1. The molecule has 6 nitrogen and oxygen atoms in total. The quantitative estimate of drug-likeness (QED) is 0.270. The predicted octanol–water partition coefficient (Wildman–Crippen LogP) is 2.92. The summed E-state index contributed by atoms with van der Waals surface area (Å²) in [5.41, 5.74) is 4.39. The van der Waals surface area contributed by atoms with Crippen molar-refractivity contribution in [3.8, 4) is 11.3 Å². The number of nitrogens with one attached hydrogen (secondary N) is 1. The molecular weight excluding hydrogens is 367 g/mol. The number of hydrogen-bond acceptors (Lipinski definition) is 4. The maximum Gasteiger partial charge on any atom is 0.488 e. The predicted molar refractivity (Wildman–Crippen MR) is 114 cm³/mol. The lowest BCUT2D eigenvalue weighted by atomic mass is 9.79. The van der Waals surface area contributed by atoms with Crippen LogP contribution in [0.25, 0.3) is 22.2 Å². The third-order valence-corrected chi connectivity index (χ3v) is 5.10. The summed E-state index contributed by atoms with van der Waals surface area (Å²) in [6.45, 7) is -0.249. The molecule has 0 aliphatic rings. The summed E-state index contributed by atoms with van der Waals surface area (Å²) in [7, 11) is -1.59. The molecule has 0 aliphatic carbocycles. The Kier molecular flexibility index (Phi) is 5.16. The van der Waals surface area contributed by atoms with E-state index in [-0.39, 0.29) is 11.5 Å². The molecule has 0 spiro atoms. The van der Waals surface area contributed by atoms with Gasteiger partial charge in [-0.05, 0) is 28.2 Å². The average Bonchev–Trinajstić information content (AvgIpc) is 3.12. The highest BCUT2D eigenvalue weighted by Crippen LogP contribution is 2.38. The number of nitro groups is 1. The van der Waals surface area contributed by atoms with Gasteiger partial charge in [-0.15, -0.1) is 0 Å². The first-order valence-corrected chi connectivity index (χ1v) is 9.28. The lowest BCUT2D eigenvalue weighted by Crippen LogP contribution is -2.29. The third kappa shape index (κ3) is 3.78. The minimum Gasteiger partial charge on any atom is -0.423 e. The summed E-state index contributed by atoms with van der Waals surface area (Å²) in [6.07, 6.45) is 0. The third-order valence-electron chi connectivity index (χ3n) is 5.10. The van der Waals surface area contributed by atoms with Crippen LogP contribution in [0.1, 0.15) is 17.0 Å². The highest BCUT2D eigenvalue weighted by atomic mass is 16.6. The van der Waals surface area contributed by atoms with Gasteiger partial charge >= 0.3 is 7.12 Å². The normalized spacial score (nSPS) is 12.1. The van der Waals surface area contributed by atoms with Crippen molar-refractivity contribution in [2.24, 2.45) is 0 Å². The summed E-state index contributed by atoms with van der Waals surface area (Å²) in [5, 5.41) is 31.6. The highest BCUT2D eigenvalue weighted by molar-refractivity contribution is 6.58. The second kappa shape index (κ2) is 7.91. The van der Waals surface area contributed by atoms with Gasteiger partial charge in [-0.25, -0.2) is 0 Å². The molecule has 1 aromatic heterocycles. The number of para-hydroxylation sites is 1. The second-order valence-electron chi connectivity index (χ2n) is 6.94. The van der Waals surface area contributed by atoms with Gasteiger partial charge in [0.25, 0.3) is 0 Å². The van der Waals surface area contributed by atoms with Crippen LogP contribution in [-0.2, 0) is 0 Å². The van der Waals surface area contributed by atoms with E-state index in [0.29, 0.717) is 5.46 Å². The lowest BCUT2D eigenvalue weighted by Gasteiger charge is -2.16. The molecule has 3 N–H and O–H groups in total. The molecule has 1 atom stereocenters. The van der Waals surface area contributed by atoms with Crippen LogP contribution in [-0.4, -0.2) is 33.6 Å². The molecule has 29 heavy (non-hydrogen) atoms. The van der Waals surface area contributed by atoms with Crippen molar-refractivity contribution in [2.75, 3.05) is 6.54 Å². The zero-order valence-electron chi connectivity index (χ0n) is 15.5. The molecule has 3 aromatic carbocycles. The van der Waals surface area contributed by atoms with Gasteiger partial charge in [0.05, 0.1) is 11.6 Å². The van der Waals surface area contributed by atoms with Gasteiger partial charge in [0, 0.05) is 15.8 Å². The number of nitrogens with zero attached hydrogens (tertiary/aromatic N) is 1. The monoisotopic (exact) mass is 386 g/mol. The molecule has 0 saturated heterocycles. The van der Waals surface area contributed by atoms with E-state index in [2.05, 4.69) is 4.98 Å². The standard InChI is InChI=1S/C22H19BN2O4/c26-23(27)17-10-6-9-16(13-17)22-21(18-11-4-5-12-20(18)24-22)19(14-25(28)29)15-7-2-1-3-8-15/h1-13,19,24,26-27H,14H2. The van der Waals surface area contributed by atoms with Crippen LogP contribution < -0.4 is 5.46 Å². The molecule has 0 radical (unpaired) electrons. The summed E-state index contributed by atoms with van der Waals surface area (Å²) in [5.74, 6) is -0.458. The van der Waals surface area contributed by atoms with Gasteiger partial charge in [-0.1, -0.05) is 72.8 Å². The minimum atomic E-state index is -1.59. The fourth-order valence-electron chi connectivity index (χ4n) is 3.81. The van der Waals surface area contributed by atoms with E-state index in [1.165, 1.54) is 0 Å². The Morgan fingerprint density at radius 2 is 1.69 bits per heavy atom. The molecule has 4 rings (SSSR count). The first-order chi connectivity index (χ1) is 14.0. The topological polar surface area (TPSA) is 99.4 Å². The molecule has 0 fully saturated rings. The largest absolute Gasteiger partial charge is 0.488 e. The molecule has 1 heterocycles. The Morgan fingerprint density at radius 1 is 0.966 bits per heavy atom. The van der Waals surface area contributed by atoms with Gasteiger partial charge in [0.1, 0.15) is 0 Å². The van der Waals surface area contributed by atoms with E-state index >= 15 is 0 Å². The van der Waals surface area contributed by atoms with E-state index in [4.69, 9.17) is 0 Å². The van der Waals surface area contributed by atoms with Crippen LogP contribution in [0.3, 0.4) is 0 Å². The lowest BCUT2D eigenvalue weighted by molar-refractivity contribution is -0.481. The van der Waals surface area contributed by atoms with E-state index in [1.54, 1.807) is 18.2 Å². The Hall–Kier alpha value is -3.42. The van der Waals surface area contributed by atoms with Gasteiger partial charge in [-0.3, -0.25) is 10.1 Å². The van der Waals surface area contributed by atoms with Crippen molar-refractivity contribution in [2.45, 2.75) is 5.92 Å². The molecule has 4 aromatic rings. The average molecular weight is 386 g/mol. The molecule has 7 heteroatoms. The van der Waals surface area contributed by atoms with Crippen LogP contribution in [0.5, 0.6) is 0 Å². The number of rotatable bonds is 6. The van der Waals surface area contributed by atoms with Crippen molar-refractivity contribution in [3.63, 3.8) is 0 Å². The second-order valence-corrected chi connectivity index (χ2v) is 6.94. The van der Waals surface area contributed by atoms with Crippen LogP contribution in [0.15, 0.2) is 78.9 Å². The summed E-state index contributed by atoms with van der Waals surface area (Å²) < 4.78 is 0. The van der Waals surface area contributed by atoms with E-state index in [0.717, 1.165) is 33.3 Å². The van der Waals surface area contributed by atoms with Gasteiger partial charge < -0.3 is 15.0 Å². The summed E-state index contributed by atoms with van der Waals surface area (Å²) in [6, 6.07) is 24.0. The number of aromatic amines is 1. The summed E-state index contributed by atoms with van der Waals surface area (Å²) >= 11 is 0. The maximum absolute atomic E-state index is 11.5. The number of fused-ring (bicyclic) bond motifs is 1. The van der Waals surface area contributed by atoms with Crippen LogP contribution in [0.4, 0.5) is 0 Å². The van der Waals surface area contributed by atoms with Gasteiger partial charge in [0.15, 0.2) is 0 Å². The Labute approximate surface area is 167 Å². The first-order valence-electron chi connectivity index (χ1n) is 9.28. The van der Waals surface area contributed by atoms with Crippen molar-refractivity contribution in [1.29, 1.82) is 0 Å². The van der Waals surface area contributed by atoms with Crippen LogP contribution in [0, 0.1) is 10.1 Å². The van der Waals surface area contributed by atoms with Crippen LogP contribution >= 0.6 is 0 Å². The molecule has 1 unspecified atom stereocenters. The first kappa shape index (κ1) is 18.9. The molecular formula is C22H19BN2O4. The number of hydrogen-bond donors (Lipinski definition) is 3. The van der Waals surface area contributed by atoms with Crippen molar-refractivity contribution in [3.05, 3.63) is 100 Å². The molecule has 144 valence electrons. The van der Waals surface area contributed by atoms with E-state index in [1.807, 2.05) is 60.7 Å². The van der Waals surface area contributed by atoms with Gasteiger partial charge in [-0.2, -0.15) is 0 Å². The van der Waals surface area contributed by atoms with Crippen LogP contribution in [0.2, 0.25) is 0 Å². The van der Waals surface area contributed by atoms with E-state index < -0.39 is 13.0 Å². The summed E-state index contributed by atoms with van der Waals surface area (Å²) in [4.78, 5) is 14.6. The molecule has 0 bridgehead atoms. The highest BCUT2D eigenvalue weighted by Gasteiger charge is 2.27. The number of H-pyrrole nitrogens is 1. The van der Waals surface area contributed by atoms with Crippen molar-refractivity contribution >= 4 is 23.5 Å². The fraction of sp³-hybridized carbons (Fsp3) is 0.0909. The van der Waals surface area contributed by atoms with Gasteiger partial charge in [0.2, 0.25) is 6.54 Å².